The lowest BCUT2D eigenvalue weighted by molar-refractivity contribution is 0.419. The van der Waals surface area contributed by atoms with Crippen LogP contribution in [0.1, 0.15) is 11.1 Å². The smallest absolute Gasteiger partial charge is 0.135 e. The van der Waals surface area contributed by atoms with Crippen molar-refractivity contribution in [2.75, 3.05) is 13.1 Å². The Bertz CT molecular complexity index is 652. The van der Waals surface area contributed by atoms with Gasteiger partial charge in [0, 0.05) is 18.7 Å². The molecule has 0 unspecified atom stereocenters. The van der Waals surface area contributed by atoms with Gasteiger partial charge in [-0.05, 0) is 18.2 Å². The van der Waals surface area contributed by atoms with Gasteiger partial charge < -0.3 is 15.1 Å². The van der Waals surface area contributed by atoms with Gasteiger partial charge in [-0.1, -0.05) is 30.3 Å². The molecule has 0 atom stereocenters. The molecule has 102 valence electrons. The van der Waals surface area contributed by atoms with Crippen LogP contribution in [0.2, 0.25) is 0 Å². The van der Waals surface area contributed by atoms with Crippen molar-refractivity contribution in [3.63, 3.8) is 0 Å². The van der Waals surface area contributed by atoms with Gasteiger partial charge >= 0.3 is 0 Å². The second-order valence-corrected chi connectivity index (χ2v) is 4.77. The Balaban J connectivity index is 1.87. The number of nitrogens with zero attached hydrogens (tertiary/aromatic N) is 2. The number of aromatic hydroxyl groups is 2. The zero-order valence-electron chi connectivity index (χ0n) is 11.0. The lowest BCUT2D eigenvalue weighted by Crippen LogP contribution is -2.28. The first-order valence-corrected chi connectivity index (χ1v) is 6.60. The molecule has 2 N–H and O–H groups in total. The third-order valence-corrected chi connectivity index (χ3v) is 3.43. The molecule has 2 aromatic carbocycles. The monoisotopic (exact) mass is 268 g/mol. The molecule has 4 nitrogen and oxygen atoms in total. The lowest BCUT2D eigenvalue weighted by Gasteiger charge is -2.21. The van der Waals surface area contributed by atoms with E-state index in [0.29, 0.717) is 13.1 Å². The number of benzene rings is 2. The number of phenols is 2. The van der Waals surface area contributed by atoms with E-state index in [1.807, 2.05) is 24.3 Å². The van der Waals surface area contributed by atoms with Crippen LogP contribution in [-0.2, 0) is 6.54 Å². The highest BCUT2D eigenvalue weighted by Crippen LogP contribution is 2.24. The maximum absolute atomic E-state index is 9.95. The predicted molar refractivity (Wildman–Crippen MR) is 78.0 cm³/mol. The Morgan fingerprint density at radius 2 is 1.65 bits per heavy atom. The van der Waals surface area contributed by atoms with Crippen LogP contribution in [0.25, 0.3) is 0 Å². The molecule has 0 aromatic heterocycles. The van der Waals surface area contributed by atoms with Crippen LogP contribution in [0.15, 0.2) is 53.5 Å². The number of phenolic OH excluding ortho intramolecular Hbond substituents is 2. The fraction of sp³-hybridized carbons (Fsp3) is 0.188. The molecule has 0 amide bonds. The van der Waals surface area contributed by atoms with Gasteiger partial charge in [-0.25, -0.2) is 0 Å². The summed E-state index contributed by atoms with van der Waals surface area (Å²) >= 11 is 0. The molecule has 20 heavy (non-hydrogen) atoms. The van der Waals surface area contributed by atoms with Crippen molar-refractivity contribution in [3.8, 4) is 11.5 Å². The first kappa shape index (κ1) is 12.5. The Labute approximate surface area is 117 Å². The average Bonchev–Trinajstić information content (AvgIpc) is 2.90. The van der Waals surface area contributed by atoms with E-state index in [9.17, 15) is 10.2 Å². The summed E-state index contributed by atoms with van der Waals surface area (Å²) < 4.78 is 0. The molecule has 1 heterocycles. The first-order valence-electron chi connectivity index (χ1n) is 6.60. The molecular formula is C16H16N2O2. The van der Waals surface area contributed by atoms with Crippen LogP contribution in [0, 0.1) is 0 Å². The Morgan fingerprint density at radius 1 is 0.950 bits per heavy atom. The minimum absolute atomic E-state index is 0.232. The number of aliphatic imine (C=N–C) groups is 1. The molecule has 3 rings (SSSR count). The van der Waals surface area contributed by atoms with E-state index in [4.69, 9.17) is 0 Å². The van der Waals surface area contributed by atoms with Crippen LogP contribution in [0.3, 0.4) is 0 Å². The molecule has 0 bridgehead atoms. The molecule has 0 radical (unpaired) electrons. The summed E-state index contributed by atoms with van der Waals surface area (Å²) in [5.41, 5.74) is 1.60. The summed E-state index contributed by atoms with van der Waals surface area (Å²) in [6.45, 7) is 2.08. The molecule has 0 saturated heterocycles. The molecule has 1 aliphatic rings. The standard InChI is InChI=1S/C16H16N2O2/c19-14-7-3-1-5-12(14)11-18-10-9-17-16(18)13-6-2-4-8-15(13)20/h1-8,19-20H,9-11H2. The highest BCUT2D eigenvalue weighted by Gasteiger charge is 2.21. The molecule has 0 aliphatic carbocycles. The van der Waals surface area contributed by atoms with Gasteiger partial charge in [0.1, 0.15) is 17.3 Å². The predicted octanol–water partition coefficient (Wildman–Crippen LogP) is 2.36. The van der Waals surface area contributed by atoms with Crippen LogP contribution in [0.5, 0.6) is 11.5 Å². The van der Waals surface area contributed by atoms with Crippen LogP contribution < -0.4 is 0 Å². The molecule has 0 fully saturated rings. The summed E-state index contributed by atoms with van der Waals surface area (Å²) in [4.78, 5) is 6.55. The van der Waals surface area contributed by atoms with Crippen molar-refractivity contribution >= 4 is 5.84 Å². The average molecular weight is 268 g/mol. The third kappa shape index (κ3) is 2.32. The highest BCUT2D eigenvalue weighted by molar-refractivity contribution is 6.01. The normalized spacial score (nSPS) is 14.4. The molecule has 2 aromatic rings. The molecule has 4 heteroatoms. The van der Waals surface area contributed by atoms with Gasteiger partial charge in [0.2, 0.25) is 0 Å². The minimum atomic E-state index is 0.232. The molecular weight excluding hydrogens is 252 g/mol. The Kier molecular flexibility index (Phi) is 3.29. The number of amidine groups is 1. The largest absolute Gasteiger partial charge is 0.508 e. The number of hydrogen-bond donors (Lipinski definition) is 2. The molecule has 1 aliphatic heterocycles. The van der Waals surface area contributed by atoms with E-state index in [-0.39, 0.29) is 11.5 Å². The van der Waals surface area contributed by atoms with E-state index in [0.717, 1.165) is 23.5 Å². The zero-order chi connectivity index (χ0) is 13.9. The van der Waals surface area contributed by atoms with Crippen molar-refractivity contribution < 1.29 is 10.2 Å². The van der Waals surface area contributed by atoms with Crippen molar-refractivity contribution in [1.82, 2.24) is 4.90 Å². The second-order valence-electron chi connectivity index (χ2n) is 4.77. The van der Waals surface area contributed by atoms with Crippen molar-refractivity contribution in [1.29, 1.82) is 0 Å². The van der Waals surface area contributed by atoms with Crippen LogP contribution in [-0.4, -0.2) is 34.0 Å². The summed E-state index contributed by atoms with van der Waals surface area (Å²) in [6, 6.07) is 14.5. The SMILES string of the molecule is Oc1ccccc1CN1CCN=C1c1ccccc1O. The summed E-state index contributed by atoms with van der Waals surface area (Å²) in [6.07, 6.45) is 0. The van der Waals surface area contributed by atoms with Gasteiger partial charge in [-0.2, -0.15) is 0 Å². The van der Waals surface area contributed by atoms with E-state index in [2.05, 4.69) is 9.89 Å². The first-order chi connectivity index (χ1) is 9.75. The topological polar surface area (TPSA) is 56.1 Å². The zero-order valence-corrected chi connectivity index (χ0v) is 11.0. The number of para-hydroxylation sites is 2. The van der Waals surface area contributed by atoms with Gasteiger partial charge in [0.05, 0.1) is 12.1 Å². The lowest BCUT2D eigenvalue weighted by atomic mass is 10.1. The summed E-state index contributed by atoms with van der Waals surface area (Å²) in [5, 5.41) is 19.8. The van der Waals surface area contributed by atoms with E-state index < -0.39 is 0 Å². The molecule has 0 spiro atoms. The van der Waals surface area contributed by atoms with Crippen molar-refractivity contribution in [2.24, 2.45) is 4.99 Å². The van der Waals surface area contributed by atoms with E-state index in [1.165, 1.54) is 0 Å². The molecule has 0 saturated carbocycles. The maximum Gasteiger partial charge on any atom is 0.135 e. The van der Waals surface area contributed by atoms with Gasteiger partial charge in [-0.15, -0.1) is 0 Å². The van der Waals surface area contributed by atoms with Gasteiger partial charge in [0.15, 0.2) is 0 Å². The van der Waals surface area contributed by atoms with Crippen molar-refractivity contribution in [3.05, 3.63) is 59.7 Å². The van der Waals surface area contributed by atoms with Gasteiger partial charge in [0.25, 0.3) is 0 Å². The second kappa shape index (κ2) is 5.25. The van der Waals surface area contributed by atoms with E-state index >= 15 is 0 Å². The van der Waals surface area contributed by atoms with Crippen LogP contribution >= 0.6 is 0 Å². The number of rotatable bonds is 3. The fourth-order valence-electron chi connectivity index (χ4n) is 2.40. The number of hydrogen-bond acceptors (Lipinski definition) is 4. The van der Waals surface area contributed by atoms with E-state index in [1.54, 1.807) is 24.3 Å². The Hall–Kier alpha value is -2.49. The highest BCUT2D eigenvalue weighted by atomic mass is 16.3. The fourth-order valence-corrected chi connectivity index (χ4v) is 2.40. The maximum atomic E-state index is 9.95. The minimum Gasteiger partial charge on any atom is -0.508 e. The quantitative estimate of drug-likeness (QED) is 0.898. The summed E-state index contributed by atoms with van der Waals surface area (Å²) in [5.74, 6) is 1.30. The summed E-state index contributed by atoms with van der Waals surface area (Å²) in [7, 11) is 0. The van der Waals surface area contributed by atoms with Gasteiger partial charge in [-0.3, -0.25) is 4.99 Å². The van der Waals surface area contributed by atoms with Crippen molar-refractivity contribution in [2.45, 2.75) is 6.54 Å². The van der Waals surface area contributed by atoms with Crippen LogP contribution in [0.4, 0.5) is 0 Å². The Morgan fingerprint density at radius 3 is 2.40 bits per heavy atom. The third-order valence-electron chi connectivity index (χ3n) is 3.43.